The van der Waals surface area contributed by atoms with Crippen molar-refractivity contribution < 1.29 is 9.90 Å². The van der Waals surface area contributed by atoms with E-state index in [1.54, 1.807) is 0 Å². The van der Waals surface area contributed by atoms with E-state index in [4.69, 9.17) is 5.11 Å². The summed E-state index contributed by atoms with van der Waals surface area (Å²) in [6, 6.07) is 9.91. The molecule has 0 atom stereocenters. The van der Waals surface area contributed by atoms with Gasteiger partial charge in [-0.3, -0.25) is 0 Å². The minimum Gasteiger partial charge on any atom is -0.396 e. The number of aliphatic hydroxyl groups excluding tert-OH is 1. The topological polar surface area (TPSA) is 61.4 Å². The summed E-state index contributed by atoms with van der Waals surface area (Å²) in [5, 5.41) is 14.8. The van der Waals surface area contributed by atoms with Crippen LogP contribution in [0.15, 0.2) is 30.3 Å². The Morgan fingerprint density at radius 1 is 1.22 bits per heavy atom. The monoisotopic (exact) mass is 248 g/mol. The second kappa shape index (κ2) is 5.87. The number of benzene rings is 1. The number of urea groups is 1. The van der Waals surface area contributed by atoms with E-state index in [0.29, 0.717) is 13.1 Å². The molecule has 1 fully saturated rings. The van der Waals surface area contributed by atoms with Gasteiger partial charge in [-0.05, 0) is 24.8 Å². The van der Waals surface area contributed by atoms with E-state index in [9.17, 15) is 4.79 Å². The zero-order valence-corrected chi connectivity index (χ0v) is 10.5. The van der Waals surface area contributed by atoms with Crippen LogP contribution in [0.1, 0.15) is 18.4 Å². The molecule has 1 aliphatic rings. The molecular weight excluding hydrogens is 228 g/mol. The van der Waals surface area contributed by atoms with E-state index >= 15 is 0 Å². The van der Waals surface area contributed by atoms with Crippen LogP contribution in [0.25, 0.3) is 0 Å². The van der Waals surface area contributed by atoms with E-state index in [0.717, 1.165) is 19.3 Å². The first-order valence-electron chi connectivity index (χ1n) is 6.41. The first-order valence-corrected chi connectivity index (χ1v) is 6.41. The summed E-state index contributed by atoms with van der Waals surface area (Å²) in [4.78, 5) is 11.5. The molecule has 1 saturated carbocycles. The van der Waals surface area contributed by atoms with Gasteiger partial charge in [0.05, 0.1) is 6.61 Å². The molecule has 0 bridgehead atoms. The zero-order chi connectivity index (χ0) is 12.8. The summed E-state index contributed by atoms with van der Waals surface area (Å²) >= 11 is 0. The first kappa shape index (κ1) is 12.9. The average molecular weight is 248 g/mol. The number of hydrogen-bond donors (Lipinski definition) is 3. The van der Waals surface area contributed by atoms with Gasteiger partial charge in [0.15, 0.2) is 0 Å². The maximum absolute atomic E-state index is 11.5. The molecule has 98 valence electrons. The van der Waals surface area contributed by atoms with Gasteiger partial charge in [-0.15, -0.1) is 0 Å². The second-order valence-electron chi connectivity index (χ2n) is 5.00. The van der Waals surface area contributed by atoms with E-state index < -0.39 is 0 Å². The Hall–Kier alpha value is -1.55. The summed E-state index contributed by atoms with van der Waals surface area (Å²) in [6.07, 6.45) is 2.85. The molecular formula is C14H20N2O2. The summed E-state index contributed by atoms with van der Waals surface area (Å²) in [5.74, 6) is 0. The molecule has 4 nitrogen and oxygen atoms in total. The van der Waals surface area contributed by atoms with Crippen molar-refractivity contribution in [3.05, 3.63) is 35.9 Å². The Balaban J connectivity index is 1.60. The molecule has 0 aliphatic heterocycles. The van der Waals surface area contributed by atoms with Crippen LogP contribution < -0.4 is 10.6 Å². The lowest BCUT2D eigenvalue weighted by Gasteiger charge is -2.13. The first-order chi connectivity index (χ1) is 8.74. The Morgan fingerprint density at radius 2 is 1.94 bits per heavy atom. The fourth-order valence-electron chi connectivity index (χ4n) is 1.86. The van der Waals surface area contributed by atoms with Gasteiger partial charge < -0.3 is 15.7 Å². The Kier molecular flexibility index (Phi) is 4.20. The highest BCUT2D eigenvalue weighted by Gasteiger charge is 2.41. The fraction of sp³-hybridized carbons (Fsp3) is 0.500. The third-order valence-electron chi connectivity index (χ3n) is 3.46. The minimum absolute atomic E-state index is 0.0310. The molecule has 1 aromatic rings. The Bertz CT molecular complexity index is 388. The lowest BCUT2D eigenvalue weighted by Crippen LogP contribution is -2.40. The largest absolute Gasteiger partial charge is 0.396 e. The van der Waals surface area contributed by atoms with E-state index in [2.05, 4.69) is 10.6 Å². The van der Waals surface area contributed by atoms with Crippen LogP contribution in [0.3, 0.4) is 0 Å². The molecule has 0 heterocycles. The van der Waals surface area contributed by atoms with Crippen LogP contribution in [0.2, 0.25) is 0 Å². The zero-order valence-electron chi connectivity index (χ0n) is 10.5. The third-order valence-corrected chi connectivity index (χ3v) is 3.46. The Labute approximate surface area is 107 Å². The lowest BCUT2D eigenvalue weighted by atomic mass is 10.1. The molecule has 2 rings (SSSR count). The summed E-state index contributed by atoms with van der Waals surface area (Å²) in [7, 11) is 0. The van der Waals surface area contributed by atoms with Crippen molar-refractivity contribution in [1.29, 1.82) is 0 Å². The number of rotatable bonds is 6. The van der Waals surface area contributed by atoms with Gasteiger partial charge in [0.1, 0.15) is 0 Å². The highest BCUT2D eigenvalue weighted by molar-refractivity contribution is 5.73. The van der Waals surface area contributed by atoms with Gasteiger partial charge in [-0.1, -0.05) is 30.3 Å². The molecule has 2 amide bonds. The average Bonchev–Trinajstić information content (AvgIpc) is 3.18. The molecule has 0 spiro atoms. The number of aliphatic hydroxyl groups is 1. The molecule has 18 heavy (non-hydrogen) atoms. The van der Waals surface area contributed by atoms with Crippen molar-refractivity contribution >= 4 is 6.03 Å². The van der Waals surface area contributed by atoms with Crippen LogP contribution in [-0.4, -0.2) is 30.8 Å². The van der Waals surface area contributed by atoms with E-state index in [-0.39, 0.29) is 18.1 Å². The van der Waals surface area contributed by atoms with Gasteiger partial charge in [0, 0.05) is 18.5 Å². The van der Waals surface area contributed by atoms with Crippen molar-refractivity contribution in [2.24, 2.45) is 5.41 Å². The van der Waals surface area contributed by atoms with Gasteiger partial charge in [0.25, 0.3) is 0 Å². The predicted octanol–water partition coefficient (Wildman–Crippen LogP) is 1.30. The van der Waals surface area contributed by atoms with Gasteiger partial charge in [0.2, 0.25) is 0 Å². The summed E-state index contributed by atoms with van der Waals surface area (Å²) in [5.41, 5.74) is 1.18. The molecule has 4 heteroatoms. The summed E-state index contributed by atoms with van der Waals surface area (Å²) in [6.45, 7) is 1.36. The van der Waals surface area contributed by atoms with Crippen molar-refractivity contribution in [3.63, 3.8) is 0 Å². The normalized spacial score (nSPS) is 16.1. The molecule has 0 aromatic heterocycles. The number of carbonyl (C=O) groups is 1. The second-order valence-corrected chi connectivity index (χ2v) is 5.00. The van der Waals surface area contributed by atoms with Gasteiger partial charge in [-0.2, -0.15) is 0 Å². The van der Waals surface area contributed by atoms with Crippen LogP contribution in [0.5, 0.6) is 0 Å². The highest BCUT2D eigenvalue weighted by atomic mass is 16.3. The SMILES string of the molecule is O=C(NCCc1ccccc1)NCC1(CO)CC1. The molecule has 0 unspecified atom stereocenters. The van der Waals surface area contributed by atoms with E-state index in [1.165, 1.54) is 5.56 Å². The van der Waals surface area contributed by atoms with Crippen molar-refractivity contribution in [2.45, 2.75) is 19.3 Å². The van der Waals surface area contributed by atoms with Crippen LogP contribution in [0, 0.1) is 5.41 Å². The minimum atomic E-state index is -0.148. The smallest absolute Gasteiger partial charge is 0.314 e. The number of amides is 2. The standard InChI is InChI=1S/C14H20N2O2/c17-11-14(7-8-14)10-16-13(18)15-9-6-12-4-2-1-3-5-12/h1-5,17H,6-11H2,(H2,15,16,18). The van der Waals surface area contributed by atoms with Gasteiger partial charge in [-0.25, -0.2) is 4.79 Å². The number of carbonyl (C=O) groups excluding carboxylic acids is 1. The van der Waals surface area contributed by atoms with Crippen LogP contribution in [-0.2, 0) is 6.42 Å². The maximum atomic E-state index is 11.5. The highest BCUT2D eigenvalue weighted by Crippen LogP contribution is 2.44. The molecule has 1 aliphatic carbocycles. The van der Waals surface area contributed by atoms with E-state index in [1.807, 2.05) is 30.3 Å². The molecule has 0 saturated heterocycles. The van der Waals surface area contributed by atoms with Gasteiger partial charge >= 0.3 is 6.03 Å². The quantitative estimate of drug-likeness (QED) is 0.710. The predicted molar refractivity (Wildman–Crippen MR) is 70.3 cm³/mol. The molecule has 1 aromatic carbocycles. The number of hydrogen-bond acceptors (Lipinski definition) is 2. The Morgan fingerprint density at radius 3 is 2.56 bits per heavy atom. The third kappa shape index (κ3) is 3.74. The fourth-order valence-corrected chi connectivity index (χ4v) is 1.86. The van der Waals surface area contributed by atoms with Crippen molar-refractivity contribution in [1.82, 2.24) is 10.6 Å². The van der Waals surface area contributed by atoms with Crippen molar-refractivity contribution in [2.75, 3.05) is 19.7 Å². The molecule has 0 radical (unpaired) electrons. The summed E-state index contributed by atoms with van der Waals surface area (Å²) < 4.78 is 0. The molecule has 3 N–H and O–H groups in total. The maximum Gasteiger partial charge on any atom is 0.314 e. The van der Waals surface area contributed by atoms with Crippen LogP contribution in [0.4, 0.5) is 4.79 Å². The number of nitrogens with one attached hydrogen (secondary N) is 2. The van der Waals surface area contributed by atoms with Crippen molar-refractivity contribution in [3.8, 4) is 0 Å². The van der Waals surface area contributed by atoms with Crippen LogP contribution >= 0.6 is 0 Å². The lowest BCUT2D eigenvalue weighted by molar-refractivity contribution is 0.203.